The van der Waals surface area contributed by atoms with E-state index in [1.165, 1.54) is 30.9 Å². The van der Waals surface area contributed by atoms with Crippen LogP contribution in [0.5, 0.6) is 17.2 Å². The Hall–Kier alpha value is -3.25. The molecule has 2 heterocycles. The number of phenolic OH excluding ortho intramolecular Hbond substituents is 1. The molecule has 0 radical (unpaired) electrons. The number of carbonyl (C=O) groups excluding carboxylic acids is 1. The van der Waals surface area contributed by atoms with Gasteiger partial charge in [0.15, 0.2) is 26.5 Å². The summed E-state index contributed by atoms with van der Waals surface area (Å²) in [7, 11) is -0.151. The van der Waals surface area contributed by atoms with Crippen molar-refractivity contribution in [2.75, 3.05) is 38.0 Å². The average Bonchev–Trinajstić information content (AvgIpc) is 3.22. The van der Waals surface area contributed by atoms with E-state index in [-0.39, 0.29) is 45.5 Å². The molecule has 1 aliphatic heterocycles. The summed E-state index contributed by atoms with van der Waals surface area (Å²) in [5.41, 5.74) is 0.394. The number of carbonyl (C=O) groups is 1. The van der Waals surface area contributed by atoms with Crippen molar-refractivity contribution >= 4 is 38.4 Å². The molecule has 0 unspecified atom stereocenters. The van der Waals surface area contributed by atoms with Crippen LogP contribution in [-0.2, 0) is 14.6 Å². The van der Waals surface area contributed by atoms with Crippen LogP contribution in [0.3, 0.4) is 0 Å². The van der Waals surface area contributed by atoms with Gasteiger partial charge in [-0.2, -0.15) is 0 Å². The van der Waals surface area contributed by atoms with E-state index in [4.69, 9.17) is 9.47 Å². The molecule has 1 atom stereocenters. The van der Waals surface area contributed by atoms with E-state index in [0.717, 1.165) is 11.8 Å². The van der Waals surface area contributed by atoms with Crippen molar-refractivity contribution in [3.63, 3.8) is 0 Å². The Morgan fingerprint density at radius 3 is 2.58 bits per heavy atom. The van der Waals surface area contributed by atoms with Gasteiger partial charge in [-0.1, -0.05) is 11.8 Å². The number of nitrogens with zero attached hydrogens (tertiary/aromatic N) is 3. The standard InChI is InChI=1S/C24H27N3O7S2/c1-4-26(16-9-10-36(31,32)14-16)22(29)13-35-24-25-19-7-6-17(28)12-18(19)23(30)27(24)15-5-8-20(33-2)21(11-15)34-3/h5-8,11-12,16,28H,4,9-10,13-14H2,1-3H3/t16-/m1/s1. The van der Waals surface area contributed by atoms with Crippen molar-refractivity contribution in [2.45, 2.75) is 24.5 Å². The highest BCUT2D eigenvalue weighted by molar-refractivity contribution is 7.99. The molecule has 0 saturated carbocycles. The van der Waals surface area contributed by atoms with Crippen LogP contribution in [0.4, 0.5) is 0 Å². The monoisotopic (exact) mass is 533 g/mol. The Morgan fingerprint density at radius 2 is 1.94 bits per heavy atom. The van der Waals surface area contributed by atoms with Gasteiger partial charge < -0.3 is 19.5 Å². The van der Waals surface area contributed by atoms with Crippen molar-refractivity contribution in [1.29, 1.82) is 0 Å². The van der Waals surface area contributed by atoms with Gasteiger partial charge in [-0.15, -0.1) is 0 Å². The summed E-state index contributed by atoms with van der Waals surface area (Å²) in [6.07, 6.45) is 0.417. The molecule has 1 fully saturated rings. The maximum atomic E-state index is 13.5. The summed E-state index contributed by atoms with van der Waals surface area (Å²) in [5, 5.41) is 10.4. The summed E-state index contributed by atoms with van der Waals surface area (Å²) in [5.74, 6) is 0.593. The van der Waals surface area contributed by atoms with E-state index in [2.05, 4.69) is 4.98 Å². The second kappa shape index (κ2) is 10.4. The molecule has 36 heavy (non-hydrogen) atoms. The van der Waals surface area contributed by atoms with Crippen molar-refractivity contribution < 1.29 is 27.8 Å². The fraction of sp³-hybridized carbons (Fsp3) is 0.375. The molecule has 1 saturated heterocycles. The third kappa shape index (κ3) is 5.14. The molecule has 2 aromatic carbocycles. The van der Waals surface area contributed by atoms with Gasteiger partial charge in [0.05, 0.1) is 48.1 Å². The number of phenols is 1. The van der Waals surface area contributed by atoms with Crippen molar-refractivity contribution in [2.24, 2.45) is 0 Å². The molecule has 192 valence electrons. The van der Waals surface area contributed by atoms with Crippen LogP contribution in [0.25, 0.3) is 16.6 Å². The van der Waals surface area contributed by atoms with Gasteiger partial charge in [0.25, 0.3) is 5.56 Å². The first-order valence-corrected chi connectivity index (χ1v) is 14.1. The minimum Gasteiger partial charge on any atom is -0.508 e. The lowest BCUT2D eigenvalue weighted by atomic mass is 10.2. The second-order valence-electron chi connectivity index (χ2n) is 8.30. The number of aromatic nitrogens is 2. The van der Waals surface area contributed by atoms with E-state index in [1.807, 2.05) is 6.92 Å². The fourth-order valence-corrected chi connectivity index (χ4v) is 6.94. The number of amides is 1. The summed E-state index contributed by atoms with van der Waals surface area (Å²) in [6, 6.07) is 8.94. The van der Waals surface area contributed by atoms with Crippen molar-refractivity contribution in [3.05, 3.63) is 46.8 Å². The predicted molar refractivity (Wildman–Crippen MR) is 137 cm³/mol. The van der Waals surface area contributed by atoms with Crippen LogP contribution in [0.1, 0.15) is 13.3 Å². The Kier molecular flexibility index (Phi) is 7.46. The van der Waals surface area contributed by atoms with E-state index >= 15 is 0 Å². The number of benzene rings is 2. The van der Waals surface area contributed by atoms with Gasteiger partial charge in [0.2, 0.25) is 5.91 Å². The molecule has 4 rings (SSSR count). The predicted octanol–water partition coefficient (Wildman–Crippen LogP) is 2.24. The molecule has 1 aromatic heterocycles. The Labute approximate surface area is 212 Å². The SMILES string of the molecule is CCN(C(=O)CSc1nc2ccc(O)cc2c(=O)n1-c1ccc(OC)c(OC)c1)[C@@H]1CCS(=O)(=O)C1. The van der Waals surface area contributed by atoms with Crippen LogP contribution < -0.4 is 15.0 Å². The lowest BCUT2D eigenvalue weighted by molar-refractivity contribution is -0.129. The lowest BCUT2D eigenvalue weighted by Crippen LogP contribution is -2.42. The van der Waals surface area contributed by atoms with E-state index in [0.29, 0.717) is 35.7 Å². The maximum Gasteiger partial charge on any atom is 0.266 e. The normalized spacial score (nSPS) is 16.7. The number of fused-ring (bicyclic) bond motifs is 1. The Morgan fingerprint density at radius 1 is 1.19 bits per heavy atom. The minimum atomic E-state index is -3.14. The topological polar surface area (TPSA) is 128 Å². The largest absolute Gasteiger partial charge is 0.508 e. The van der Waals surface area contributed by atoms with Gasteiger partial charge >= 0.3 is 0 Å². The highest BCUT2D eigenvalue weighted by Gasteiger charge is 2.34. The highest BCUT2D eigenvalue weighted by Crippen LogP contribution is 2.31. The molecule has 10 nitrogen and oxygen atoms in total. The molecule has 3 aromatic rings. The number of methoxy groups -OCH3 is 2. The van der Waals surface area contributed by atoms with Crippen LogP contribution in [-0.4, -0.2) is 77.9 Å². The van der Waals surface area contributed by atoms with Crippen LogP contribution in [0, 0.1) is 0 Å². The Bertz CT molecular complexity index is 1470. The number of hydrogen-bond donors (Lipinski definition) is 1. The first-order valence-electron chi connectivity index (χ1n) is 11.3. The zero-order chi connectivity index (χ0) is 26.0. The summed E-state index contributed by atoms with van der Waals surface area (Å²) < 4.78 is 35.9. The molecule has 1 aliphatic rings. The smallest absolute Gasteiger partial charge is 0.266 e. The fourth-order valence-electron chi connectivity index (χ4n) is 4.31. The van der Waals surface area contributed by atoms with Crippen LogP contribution in [0.2, 0.25) is 0 Å². The zero-order valence-corrected chi connectivity index (χ0v) is 21.8. The second-order valence-corrected chi connectivity index (χ2v) is 11.5. The van der Waals surface area contributed by atoms with Gasteiger partial charge in [-0.3, -0.25) is 14.2 Å². The first-order chi connectivity index (χ1) is 17.2. The summed E-state index contributed by atoms with van der Waals surface area (Å²) >= 11 is 1.09. The van der Waals surface area contributed by atoms with Gasteiger partial charge in [-0.25, -0.2) is 13.4 Å². The summed E-state index contributed by atoms with van der Waals surface area (Å²) in [4.78, 5) is 32.8. The Balaban J connectivity index is 1.73. The van der Waals surface area contributed by atoms with E-state index < -0.39 is 15.4 Å². The quantitative estimate of drug-likeness (QED) is 0.342. The van der Waals surface area contributed by atoms with Crippen molar-refractivity contribution in [1.82, 2.24) is 14.5 Å². The molecule has 1 N–H and O–H groups in total. The molecule has 1 amide bonds. The summed E-state index contributed by atoms with van der Waals surface area (Å²) in [6.45, 7) is 2.19. The number of rotatable bonds is 8. The van der Waals surface area contributed by atoms with E-state index in [9.17, 15) is 23.1 Å². The molecule has 0 aliphatic carbocycles. The average molecular weight is 534 g/mol. The van der Waals surface area contributed by atoms with Gasteiger partial charge in [-0.05, 0) is 43.7 Å². The lowest BCUT2D eigenvalue weighted by Gasteiger charge is -2.26. The molecular formula is C24H27N3O7S2. The number of aromatic hydroxyl groups is 1. The van der Waals surface area contributed by atoms with Crippen molar-refractivity contribution in [3.8, 4) is 22.9 Å². The number of thioether (sulfide) groups is 1. The van der Waals surface area contributed by atoms with E-state index in [1.54, 1.807) is 29.2 Å². The van der Waals surface area contributed by atoms with Gasteiger partial charge in [0.1, 0.15) is 5.75 Å². The first kappa shape index (κ1) is 25.8. The van der Waals surface area contributed by atoms with Crippen LogP contribution >= 0.6 is 11.8 Å². The number of hydrogen-bond acceptors (Lipinski definition) is 9. The third-order valence-corrected chi connectivity index (χ3v) is 8.75. The number of ether oxygens (including phenoxy) is 2. The minimum absolute atomic E-state index is 0.0340. The molecule has 0 bridgehead atoms. The third-order valence-electron chi connectivity index (χ3n) is 6.08. The highest BCUT2D eigenvalue weighted by atomic mass is 32.2. The molecule has 0 spiro atoms. The molecular weight excluding hydrogens is 506 g/mol. The number of sulfone groups is 1. The maximum absolute atomic E-state index is 13.5. The van der Waals surface area contributed by atoms with Gasteiger partial charge in [0, 0.05) is 18.7 Å². The van der Waals surface area contributed by atoms with Crippen LogP contribution in [0.15, 0.2) is 46.3 Å². The molecule has 12 heteroatoms. The zero-order valence-electron chi connectivity index (χ0n) is 20.1.